The summed E-state index contributed by atoms with van der Waals surface area (Å²) in [5, 5.41) is 7.23. The van der Waals surface area contributed by atoms with Crippen molar-refractivity contribution in [2.24, 2.45) is 5.92 Å². The molecular formula is C36H52ClN5O2. The van der Waals surface area contributed by atoms with Gasteiger partial charge in [0.1, 0.15) is 6.04 Å². The van der Waals surface area contributed by atoms with Gasteiger partial charge >= 0.3 is 0 Å². The summed E-state index contributed by atoms with van der Waals surface area (Å²) in [6.07, 6.45) is 4.84. The molecule has 2 amide bonds. The van der Waals surface area contributed by atoms with Gasteiger partial charge in [-0.25, -0.2) is 0 Å². The number of fused-ring (bicyclic) bond motifs is 1. The standard InChI is InChI=1S/C36H52ClN5O2/c1-25(2)24-42(30-13-17-40(18-14-30)26(3)4)31-15-19-41(20-16-31)36(44)34(21-27-9-11-29(37)12-10-27)39-35(43)33-23-38-22-28-7-5-6-8-32(28)33/h5-12,25-26,30-31,33-34,38H,13-24H2,1-4H3,(H,39,43). The second-order valence-corrected chi connectivity index (χ2v) is 14.2. The van der Waals surface area contributed by atoms with E-state index in [-0.39, 0.29) is 17.7 Å². The molecule has 2 aromatic rings. The predicted molar refractivity (Wildman–Crippen MR) is 179 cm³/mol. The molecule has 0 aromatic heterocycles. The topological polar surface area (TPSA) is 67.9 Å². The first-order chi connectivity index (χ1) is 21.2. The summed E-state index contributed by atoms with van der Waals surface area (Å²) in [4.78, 5) is 35.3. The largest absolute Gasteiger partial charge is 0.343 e. The summed E-state index contributed by atoms with van der Waals surface area (Å²) in [5.74, 6) is 0.209. The highest BCUT2D eigenvalue weighted by atomic mass is 35.5. The second kappa shape index (κ2) is 15.2. The minimum absolute atomic E-state index is 0.0180. The quantitative estimate of drug-likeness (QED) is 0.388. The highest BCUT2D eigenvalue weighted by Gasteiger charge is 2.36. The van der Waals surface area contributed by atoms with E-state index in [0.29, 0.717) is 42.0 Å². The SMILES string of the molecule is CC(C)CN(C1CCN(C(=O)C(Cc2ccc(Cl)cc2)NC(=O)C2CNCc3ccccc32)CC1)C1CCN(C(C)C)CC1. The average molecular weight is 622 g/mol. The first-order valence-electron chi connectivity index (χ1n) is 16.8. The van der Waals surface area contributed by atoms with Crippen molar-refractivity contribution in [1.82, 2.24) is 25.3 Å². The summed E-state index contributed by atoms with van der Waals surface area (Å²) >= 11 is 6.16. The third-order valence-corrected chi connectivity index (χ3v) is 10.2. The maximum absolute atomic E-state index is 14.1. The molecule has 2 fully saturated rings. The van der Waals surface area contributed by atoms with Gasteiger partial charge in [-0.2, -0.15) is 0 Å². The average Bonchev–Trinajstić information content (AvgIpc) is 3.03. The minimum atomic E-state index is -0.624. The van der Waals surface area contributed by atoms with Crippen LogP contribution in [0.15, 0.2) is 48.5 Å². The molecule has 3 aliphatic heterocycles. The van der Waals surface area contributed by atoms with Crippen molar-refractivity contribution in [3.05, 3.63) is 70.2 Å². The molecule has 2 N–H and O–H groups in total. The molecule has 2 unspecified atom stereocenters. The van der Waals surface area contributed by atoms with Gasteiger partial charge in [0.25, 0.3) is 0 Å². The van der Waals surface area contributed by atoms with Crippen LogP contribution in [0, 0.1) is 5.92 Å². The summed E-state index contributed by atoms with van der Waals surface area (Å²) in [6.45, 7) is 15.5. The number of halogens is 1. The first kappa shape index (κ1) is 32.9. The fraction of sp³-hybridized carbons (Fsp3) is 0.611. The lowest BCUT2D eigenvalue weighted by Gasteiger charge is -2.46. The minimum Gasteiger partial charge on any atom is -0.343 e. The van der Waals surface area contributed by atoms with Crippen molar-refractivity contribution in [3.8, 4) is 0 Å². The zero-order valence-corrected chi connectivity index (χ0v) is 27.9. The van der Waals surface area contributed by atoms with Crippen LogP contribution in [0.25, 0.3) is 0 Å². The Morgan fingerprint density at radius 3 is 2.20 bits per heavy atom. The van der Waals surface area contributed by atoms with E-state index in [1.807, 2.05) is 47.4 Å². The van der Waals surface area contributed by atoms with Crippen molar-refractivity contribution < 1.29 is 9.59 Å². The van der Waals surface area contributed by atoms with Gasteiger partial charge in [-0.15, -0.1) is 0 Å². The number of carbonyl (C=O) groups excluding carboxylic acids is 2. The Morgan fingerprint density at radius 1 is 0.932 bits per heavy atom. The monoisotopic (exact) mass is 621 g/mol. The van der Waals surface area contributed by atoms with Crippen LogP contribution in [0.3, 0.4) is 0 Å². The Bertz CT molecular complexity index is 1240. The highest BCUT2D eigenvalue weighted by molar-refractivity contribution is 6.30. The summed E-state index contributed by atoms with van der Waals surface area (Å²) in [6, 6.07) is 16.8. The molecule has 0 spiro atoms. The van der Waals surface area contributed by atoms with E-state index in [9.17, 15) is 9.59 Å². The number of hydrogen-bond donors (Lipinski definition) is 2. The molecular weight excluding hydrogens is 570 g/mol. The lowest BCUT2D eigenvalue weighted by Crippen LogP contribution is -2.57. The number of nitrogens with one attached hydrogen (secondary N) is 2. The van der Waals surface area contributed by atoms with Crippen LogP contribution in [0.4, 0.5) is 0 Å². The van der Waals surface area contributed by atoms with Crippen LogP contribution < -0.4 is 10.6 Å². The summed E-state index contributed by atoms with van der Waals surface area (Å²) < 4.78 is 0. The van der Waals surface area contributed by atoms with Crippen molar-refractivity contribution in [1.29, 1.82) is 0 Å². The summed E-state index contributed by atoms with van der Waals surface area (Å²) in [7, 11) is 0. The van der Waals surface area contributed by atoms with E-state index in [1.165, 1.54) is 25.9 Å². The molecule has 0 saturated carbocycles. The van der Waals surface area contributed by atoms with Gasteiger partial charge in [-0.1, -0.05) is 61.8 Å². The van der Waals surface area contributed by atoms with Gasteiger partial charge in [0.2, 0.25) is 11.8 Å². The van der Waals surface area contributed by atoms with Gasteiger partial charge in [0.15, 0.2) is 0 Å². The molecule has 0 radical (unpaired) electrons. The third kappa shape index (κ3) is 8.22. The molecule has 3 aliphatic rings. The zero-order valence-electron chi connectivity index (χ0n) is 27.1. The van der Waals surface area contributed by atoms with Crippen molar-refractivity contribution in [2.45, 2.75) is 96.4 Å². The molecule has 2 saturated heterocycles. The van der Waals surface area contributed by atoms with Gasteiger partial charge < -0.3 is 20.4 Å². The first-order valence-corrected chi connectivity index (χ1v) is 17.2. The molecule has 44 heavy (non-hydrogen) atoms. The molecule has 0 bridgehead atoms. The normalized spacial score (nSPS) is 21.1. The maximum atomic E-state index is 14.1. The van der Waals surface area contributed by atoms with Crippen molar-refractivity contribution >= 4 is 23.4 Å². The molecule has 0 aliphatic carbocycles. The van der Waals surface area contributed by atoms with E-state index in [0.717, 1.165) is 55.7 Å². The molecule has 240 valence electrons. The third-order valence-electron chi connectivity index (χ3n) is 9.90. The molecule has 3 heterocycles. The number of hydrogen-bond acceptors (Lipinski definition) is 5. The maximum Gasteiger partial charge on any atom is 0.245 e. The number of rotatable bonds is 10. The predicted octanol–water partition coefficient (Wildman–Crippen LogP) is 5.08. The zero-order chi connectivity index (χ0) is 31.2. The van der Waals surface area contributed by atoms with Crippen LogP contribution in [0.5, 0.6) is 0 Å². The van der Waals surface area contributed by atoms with Crippen molar-refractivity contribution in [2.75, 3.05) is 39.3 Å². The van der Waals surface area contributed by atoms with E-state index >= 15 is 0 Å². The van der Waals surface area contributed by atoms with E-state index in [2.05, 4.69) is 54.2 Å². The lowest BCUT2D eigenvalue weighted by atomic mass is 9.89. The fourth-order valence-corrected chi connectivity index (χ4v) is 7.57. The number of nitrogens with zero attached hydrogens (tertiary/aromatic N) is 3. The Hall–Kier alpha value is -2.45. The van der Waals surface area contributed by atoms with Gasteiger partial charge in [-0.05, 0) is 87.4 Å². The van der Waals surface area contributed by atoms with Gasteiger partial charge in [-0.3, -0.25) is 14.5 Å². The Balaban J connectivity index is 1.26. The fourth-order valence-electron chi connectivity index (χ4n) is 7.45. The van der Waals surface area contributed by atoms with Crippen LogP contribution in [0.2, 0.25) is 5.02 Å². The van der Waals surface area contributed by atoms with E-state index < -0.39 is 6.04 Å². The van der Waals surface area contributed by atoms with Crippen molar-refractivity contribution in [3.63, 3.8) is 0 Å². The highest BCUT2D eigenvalue weighted by Crippen LogP contribution is 2.28. The summed E-state index contributed by atoms with van der Waals surface area (Å²) in [5.41, 5.74) is 3.18. The number of piperidine rings is 2. The Morgan fingerprint density at radius 2 is 1.57 bits per heavy atom. The molecule has 8 heteroatoms. The van der Waals surface area contributed by atoms with Crippen LogP contribution >= 0.6 is 11.6 Å². The second-order valence-electron chi connectivity index (χ2n) is 13.8. The molecule has 2 aromatic carbocycles. The Labute approximate surface area is 269 Å². The Kier molecular flexibility index (Phi) is 11.4. The number of likely N-dealkylation sites (tertiary alicyclic amines) is 2. The van der Waals surface area contributed by atoms with E-state index in [1.54, 1.807) is 0 Å². The van der Waals surface area contributed by atoms with Crippen LogP contribution in [-0.2, 0) is 22.6 Å². The van der Waals surface area contributed by atoms with Gasteiger partial charge in [0, 0.05) is 62.3 Å². The van der Waals surface area contributed by atoms with Gasteiger partial charge in [0.05, 0.1) is 5.92 Å². The molecule has 5 rings (SSSR count). The number of amides is 2. The van der Waals surface area contributed by atoms with Crippen LogP contribution in [-0.4, -0.2) is 89.9 Å². The van der Waals surface area contributed by atoms with Crippen LogP contribution in [0.1, 0.15) is 76.0 Å². The number of carbonyl (C=O) groups is 2. The molecule has 7 nitrogen and oxygen atoms in total. The lowest BCUT2D eigenvalue weighted by molar-refractivity contribution is -0.138. The molecule has 2 atom stereocenters. The smallest absolute Gasteiger partial charge is 0.245 e. The van der Waals surface area contributed by atoms with E-state index in [4.69, 9.17) is 11.6 Å². The number of benzene rings is 2.